The first-order valence-corrected chi connectivity index (χ1v) is 9.25. The van der Waals surface area contributed by atoms with Crippen LogP contribution < -0.4 is 10.6 Å². The Bertz CT molecular complexity index is 910. The number of carbonyl (C=O) groups excluding carboxylic acids is 2. The summed E-state index contributed by atoms with van der Waals surface area (Å²) < 4.78 is 1.85. The standard InChI is InChI=1S/C20H23N5O2/c1-3-13(2)22-19(26)17-16-9-4-5-10-25(16)18(24-17)20(27)23-15-8-6-7-14(11-15)12-21/h6-8,11,13H,3-5,9-10H2,1-2H3,(H,22,26)(H,23,27). The highest BCUT2D eigenvalue weighted by molar-refractivity contribution is 6.03. The predicted molar refractivity (Wildman–Crippen MR) is 101 cm³/mol. The molecule has 140 valence electrons. The average molecular weight is 365 g/mol. The number of imidazole rings is 1. The van der Waals surface area contributed by atoms with Gasteiger partial charge in [0, 0.05) is 18.3 Å². The Morgan fingerprint density at radius 3 is 2.89 bits per heavy atom. The maximum absolute atomic E-state index is 12.8. The van der Waals surface area contributed by atoms with Crippen LogP contribution >= 0.6 is 0 Å². The second kappa shape index (κ2) is 8.04. The molecule has 0 radical (unpaired) electrons. The zero-order chi connectivity index (χ0) is 19.4. The molecule has 1 unspecified atom stereocenters. The SMILES string of the molecule is CCC(C)NC(=O)c1nc(C(=O)Nc2cccc(C#N)c2)n2c1CCCC2. The van der Waals surface area contributed by atoms with Gasteiger partial charge in [0.25, 0.3) is 11.8 Å². The average Bonchev–Trinajstić information content (AvgIpc) is 3.08. The summed E-state index contributed by atoms with van der Waals surface area (Å²) in [4.78, 5) is 29.8. The summed E-state index contributed by atoms with van der Waals surface area (Å²) >= 11 is 0. The molecule has 0 saturated heterocycles. The van der Waals surface area contributed by atoms with Gasteiger partial charge in [-0.15, -0.1) is 0 Å². The van der Waals surface area contributed by atoms with Crippen molar-refractivity contribution in [1.82, 2.24) is 14.9 Å². The molecule has 27 heavy (non-hydrogen) atoms. The Hall–Kier alpha value is -3.14. The summed E-state index contributed by atoms with van der Waals surface area (Å²) in [6.45, 7) is 4.61. The Labute approximate surface area is 158 Å². The summed E-state index contributed by atoms with van der Waals surface area (Å²) in [6.07, 6.45) is 3.47. The second-order valence-corrected chi connectivity index (χ2v) is 6.77. The highest BCUT2D eigenvalue weighted by atomic mass is 16.2. The first-order chi connectivity index (χ1) is 13.0. The van der Waals surface area contributed by atoms with Crippen molar-refractivity contribution in [3.63, 3.8) is 0 Å². The molecule has 1 aliphatic heterocycles. The zero-order valence-electron chi connectivity index (χ0n) is 15.6. The predicted octanol–water partition coefficient (Wildman–Crippen LogP) is 2.87. The smallest absolute Gasteiger partial charge is 0.291 e. The molecule has 0 spiro atoms. The third-order valence-corrected chi connectivity index (χ3v) is 4.78. The van der Waals surface area contributed by atoms with Gasteiger partial charge in [0.2, 0.25) is 0 Å². The van der Waals surface area contributed by atoms with Crippen molar-refractivity contribution in [1.29, 1.82) is 5.26 Å². The number of carbonyl (C=O) groups is 2. The lowest BCUT2D eigenvalue weighted by Crippen LogP contribution is -2.33. The molecule has 2 N–H and O–H groups in total. The molecular formula is C20H23N5O2. The molecular weight excluding hydrogens is 342 g/mol. The van der Waals surface area contributed by atoms with Crippen LogP contribution in [0, 0.1) is 11.3 Å². The van der Waals surface area contributed by atoms with Crippen molar-refractivity contribution in [3.05, 3.63) is 47.0 Å². The molecule has 0 fully saturated rings. The second-order valence-electron chi connectivity index (χ2n) is 6.77. The quantitative estimate of drug-likeness (QED) is 0.851. The number of hydrogen-bond acceptors (Lipinski definition) is 4. The zero-order valence-corrected chi connectivity index (χ0v) is 15.6. The van der Waals surface area contributed by atoms with E-state index in [9.17, 15) is 9.59 Å². The summed E-state index contributed by atoms with van der Waals surface area (Å²) in [5.74, 6) is -0.377. The van der Waals surface area contributed by atoms with E-state index < -0.39 is 0 Å². The number of benzene rings is 1. The van der Waals surface area contributed by atoms with E-state index >= 15 is 0 Å². The highest BCUT2D eigenvalue weighted by Gasteiger charge is 2.27. The van der Waals surface area contributed by atoms with Crippen molar-refractivity contribution < 1.29 is 9.59 Å². The maximum Gasteiger partial charge on any atom is 0.291 e. The van der Waals surface area contributed by atoms with Crippen LogP contribution in [0.5, 0.6) is 0 Å². The van der Waals surface area contributed by atoms with Gasteiger partial charge in [-0.3, -0.25) is 9.59 Å². The van der Waals surface area contributed by atoms with Gasteiger partial charge >= 0.3 is 0 Å². The fourth-order valence-corrected chi connectivity index (χ4v) is 3.15. The van der Waals surface area contributed by atoms with E-state index in [2.05, 4.69) is 15.6 Å². The van der Waals surface area contributed by atoms with Gasteiger partial charge in [0.05, 0.1) is 17.3 Å². The number of rotatable bonds is 5. The molecule has 2 heterocycles. The number of anilines is 1. The molecule has 1 atom stereocenters. The van der Waals surface area contributed by atoms with Gasteiger partial charge in [-0.05, 0) is 50.8 Å². The summed E-state index contributed by atoms with van der Waals surface area (Å²) in [7, 11) is 0. The molecule has 7 heteroatoms. The van der Waals surface area contributed by atoms with Crippen LogP contribution in [0.2, 0.25) is 0 Å². The minimum Gasteiger partial charge on any atom is -0.348 e. The Morgan fingerprint density at radius 1 is 1.33 bits per heavy atom. The van der Waals surface area contributed by atoms with Crippen molar-refractivity contribution >= 4 is 17.5 Å². The van der Waals surface area contributed by atoms with E-state index in [1.165, 1.54) is 0 Å². The van der Waals surface area contributed by atoms with Crippen molar-refractivity contribution in [2.24, 2.45) is 0 Å². The molecule has 1 aromatic carbocycles. The number of nitriles is 1. The van der Waals surface area contributed by atoms with Crippen LogP contribution in [0.3, 0.4) is 0 Å². The van der Waals surface area contributed by atoms with E-state index in [1.54, 1.807) is 24.3 Å². The van der Waals surface area contributed by atoms with Crippen molar-refractivity contribution in [2.45, 2.75) is 52.1 Å². The van der Waals surface area contributed by atoms with Crippen LogP contribution in [-0.2, 0) is 13.0 Å². The maximum atomic E-state index is 12.8. The van der Waals surface area contributed by atoms with Gasteiger partial charge in [-0.25, -0.2) is 4.98 Å². The van der Waals surface area contributed by atoms with Crippen LogP contribution in [0.15, 0.2) is 24.3 Å². The van der Waals surface area contributed by atoms with Crippen molar-refractivity contribution in [2.75, 3.05) is 5.32 Å². The molecule has 0 aliphatic carbocycles. The number of amides is 2. The monoisotopic (exact) mass is 365 g/mol. The molecule has 2 amide bonds. The summed E-state index contributed by atoms with van der Waals surface area (Å²) in [6, 6.07) is 8.80. The number of fused-ring (bicyclic) bond motifs is 1. The van der Waals surface area contributed by atoms with E-state index in [1.807, 2.05) is 24.5 Å². The van der Waals surface area contributed by atoms with E-state index in [4.69, 9.17) is 5.26 Å². The fourth-order valence-electron chi connectivity index (χ4n) is 3.15. The topological polar surface area (TPSA) is 99.8 Å². The van der Waals surface area contributed by atoms with E-state index in [0.717, 1.165) is 31.4 Å². The molecule has 0 bridgehead atoms. The lowest BCUT2D eigenvalue weighted by Gasteiger charge is -2.17. The molecule has 2 aromatic rings. The third-order valence-electron chi connectivity index (χ3n) is 4.78. The first kappa shape index (κ1) is 18.6. The Kier molecular flexibility index (Phi) is 5.55. The fraction of sp³-hybridized carbons (Fsp3) is 0.400. The minimum atomic E-state index is -0.379. The van der Waals surface area contributed by atoms with E-state index in [0.29, 0.717) is 23.5 Å². The van der Waals surface area contributed by atoms with Gasteiger partial charge in [-0.1, -0.05) is 13.0 Å². The van der Waals surface area contributed by atoms with Gasteiger partial charge < -0.3 is 15.2 Å². The summed E-state index contributed by atoms with van der Waals surface area (Å²) in [5.41, 5.74) is 2.15. The van der Waals surface area contributed by atoms with Crippen LogP contribution in [0.4, 0.5) is 5.69 Å². The Morgan fingerprint density at radius 2 is 2.15 bits per heavy atom. The molecule has 1 aromatic heterocycles. The first-order valence-electron chi connectivity index (χ1n) is 9.25. The third kappa shape index (κ3) is 4.00. The number of hydrogen-bond donors (Lipinski definition) is 2. The molecule has 7 nitrogen and oxygen atoms in total. The van der Waals surface area contributed by atoms with Gasteiger partial charge in [0.15, 0.2) is 5.82 Å². The number of nitrogens with one attached hydrogen (secondary N) is 2. The van der Waals surface area contributed by atoms with Crippen LogP contribution in [0.25, 0.3) is 0 Å². The normalized spacial score (nSPS) is 14.0. The van der Waals surface area contributed by atoms with Gasteiger partial charge in [-0.2, -0.15) is 5.26 Å². The van der Waals surface area contributed by atoms with Gasteiger partial charge in [0.1, 0.15) is 5.69 Å². The highest BCUT2D eigenvalue weighted by Crippen LogP contribution is 2.22. The minimum absolute atomic E-state index is 0.0458. The van der Waals surface area contributed by atoms with Crippen LogP contribution in [-0.4, -0.2) is 27.4 Å². The molecule has 3 rings (SSSR count). The lowest BCUT2D eigenvalue weighted by atomic mass is 10.1. The number of nitrogens with zero attached hydrogens (tertiary/aromatic N) is 3. The molecule has 0 saturated carbocycles. The number of aromatic nitrogens is 2. The molecule has 1 aliphatic rings. The Balaban J connectivity index is 1.89. The van der Waals surface area contributed by atoms with Crippen molar-refractivity contribution in [3.8, 4) is 6.07 Å². The van der Waals surface area contributed by atoms with Crippen LogP contribution in [0.1, 0.15) is 65.5 Å². The van der Waals surface area contributed by atoms with E-state index in [-0.39, 0.29) is 23.7 Å². The largest absolute Gasteiger partial charge is 0.348 e. The summed E-state index contributed by atoms with van der Waals surface area (Å²) in [5, 5.41) is 14.7. The lowest BCUT2D eigenvalue weighted by molar-refractivity contribution is 0.0933.